The Balaban J connectivity index is 3.36. The van der Waals surface area contributed by atoms with E-state index in [-0.39, 0.29) is 0 Å². The van der Waals surface area contributed by atoms with Crippen LogP contribution in [0.5, 0.6) is 11.5 Å². The van der Waals surface area contributed by atoms with Gasteiger partial charge in [-0.05, 0) is 18.6 Å². The fourth-order valence-electron chi connectivity index (χ4n) is 1.48. The number of benzene rings is 1. The van der Waals surface area contributed by atoms with Crippen LogP contribution in [-0.4, -0.2) is 20.5 Å². The third-order valence-electron chi connectivity index (χ3n) is 2.18. The lowest BCUT2D eigenvalue weighted by Gasteiger charge is -2.12. The number of methoxy groups -OCH3 is 2. The van der Waals surface area contributed by atoms with Crippen molar-refractivity contribution in [1.29, 1.82) is 0 Å². The van der Waals surface area contributed by atoms with Crippen molar-refractivity contribution in [2.75, 3.05) is 14.2 Å². The molecule has 1 rings (SSSR count). The number of hydrogen-bond acceptors (Lipinski definition) is 3. The van der Waals surface area contributed by atoms with Crippen LogP contribution in [0.1, 0.15) is 15.9 Å². The van der Waals surface area contributed by atoms with Gasteiger partial charge in [0.1, 0.15) is 11.5 Å². The Morgan fingerprint density at radius 1 is 1.27 bits per heavy atom. The van der Waals surface area contributed by atoms with Crippen LogP contribution in [0, 0.1) is 0 Å². The third kappa shape index (κ3) is 2.18. The molecule has 0 saturated carbocycles. The van der Waals surface area contributed by atoms with Gasteiger partial charge >= 0.3 is 0 Å². The quantitative estimate of drug-likeness (QED) is 0.547. The molecule has 0 fully saturated rings. The summed E-state index contributed by atoms with van der Waals surface area (Å²) in [5.74, 6) is 1.24. The Hall–Kier alpha value is -1.77. The summed E-state index contributed by atoms with van der Waals surface area (Å²) >= 11 is 0. The van der Waals surface area contributed by atoms with E-state index >= 15 is 0 Å². The van der Waals surface area contributed by atoms with Gasteiger partial charge in [-0.2, -0.15) is 0 Å². The Morgan fingerprint density at radius 3 is 2.33 bits per heavy atom. The predicted octanol–water partition coefficient (Wildman–Crippen LogP) is 2.24. The minimum absolute atomic E-state index is 0.525. The average molecular weight is 206 g/mol. The summed E-state index contributed by atoms with van der Waals surface area (Å²) in [6.45, 7) is 3.65. The molecule has 0 saturated heterocycles. The summed E-state index contributed by atoms with van der Waals surface area (Å²) in [6, 6.07) is 3.50. The molecule has 0 atom stereocenters. The predicted molar refractivity (Wildman–Crippen MR) is 58.8 cm³/mol. The van der Waals surface area contributed by atoms with Gasteiger partial charge in [-0.25, -0.2) is 0 Å². The van der Waals surface area contributed by atoms with Crippen molar-refractivity contribution in [2.45, 2.75) is 6.42 Å². The average Bonchev–Trinajstić information content (AvgIpc) is 2.28. The SMILES string of the molecule is C=CCc1c(OC)ccc(OC)c1C=O. The highest BCUT2D eigenvalue weighted by atomic mass is 16.5. The molecule has 1 aromatic carbocycles. The molecule has 0 spiro atoms. The molecule has 0 N–H and O–H groups in total. The molecule has 0 unspecified atom stereocenters. The molecular formula is C12H14O3. The number of hydrogen-bond donors (Lipinski definition) is 0. The van der Waals surface area contributed by atoms with Gasteiger partial charge in [-0.3, -0.25) is 4.79 Å². The Labute approximate surface area is 89.3 Å². The summed E-state index contributed by atoms with van der Waals surface area (Å²) in [4.78, 5) is 11.0. The van der Waals surface area contributed by atoms with Crippen molar-refractivity contribution in [3.05, 3.63) is 35.9 Å². The smallest absolute Gasteiger partial charge is 0.154 e. The van der Waals surface area contributed by atoms with Crippen LogP contribution in [0.25, 0.3) is 0 Å². The van der Waals surface area contributed by atoms with Gasteiger partial charge < -0.3 is 9.47 Å². The minimum Gasteiger partial charge on any atom is -0.496 e. The van der Waals surface area contributed by atoms with Crippen molar-refractivity contribution in [3.8, 4) is 11.5 Å². The first-order valence-electron chi connectivity index (χ1n) is 4.58. The molecule has 0 radical (unpaired) electrons. The van der Waals surface area contributed by atoms with Gasteiger partial charge in [0.05, 0.1) is 19.8 Å². The summed E-state index contributed by atoms with van der Waals surface area (Å²) in [5.41, 5.74) is 1.33. The van der Waals surface area contributed by atoms with Crippen LogP contribution < -0.4 is 9.47 Å². The third-order valence-corrected chi connectivity index (χ3v) is 2.18. The molecular weight excluding hydrogens is 192 g/mol. The summed E-state index contributed by atoms with van der Waals surface area (Å²) in [6.07, 6.45) is 3.08. The Kier molecular flexibility index (Phi) is 3.92. The monoisotopic (exact) mass is 206 g/mol. The van der Waals surface area contributed by atoms with Crippen molar-refractivity contribution in [2.24, 2.45) is 0 Å². The van der Waals surface area contributed by atoms with E-state index in [1.165, 1.54) is 7.11 Å². The normalized spacial score (nSPS) is 9.47. The van der Waals surface area contributed by atoms with Gasteiger partial charge in [0, 0.05) is 5.56 Å². The maximum absolute atomic E-state index is 11.0. The first kappa shape index (κ1) is 11.3. The van der Waals surface area contributed by atoms with E-state index in [4.69, 9.17) is 9.47 Å². The zero-order valence-electron chi connectivity index (χ0n) is 8.95. The fraction of sp³-hybridized carbons (Fsp3) is 0.250. The minimum atomic E-state index is 0.525. The molecule has 0 bridgehead atoms. The standard InChI is InChI=1S/C12H14O3/c1-4-5-9-10(8-13)12(15-3)7-6-11(9)14-2/h4,6-8H,1,5H2,2-3H3. The molecule has 0 aliphatic carbocycles. The summed E-state index contributed by atoms with van der Waals surface area (Å²) in [5, 5.41) is 0. The van der Waals surface area contributed by atoms with Gasteiger partial charge in [0.25, 0.3) is 0 Å². The number of allylic oxidation sites excluding steroid dienone is 1. The van der Waals surface area contributed by atoms with E-state index in [0.717, 1.165) is 11.8 Å². The molecule has 3 heteroatoms. The first-order chi connectivity index (χ1) is 7.28. The topological polar surface area (TPSA) is 35.5 Å². The van der Waals surface area contributed by atoms with Crippen molar-refractivity contribution < 1.29 is 14.3 Å². The molecule has 80 valence electrons. The highest BCUT2D eigenvalue weighted by molar-refractivity contribution is 5.83. The maximum atomic E-state index is 11.0. The van der Waals surface area contributed by atoms with Crippen LogP contribution in [0.3, 0.4) is 0 Å². The first-order valence-corrected chi connectivity index (χ1v) is 4.58. The zero-order chi connectivity index (χ0) is 11.3. The van der Waals surface area contributed by atoms with E-state index in [1.807, 2.05) is 0 Å². The van der Waals surface area contributed by atoms with Gasteiger partial charge in [0.15, 0.2) is 6.29 Å². The van der Waals surface area contributed by atoms with Crippen LogP contribution in [-0.2, 0) is 6.42 Å². The lowest BCUT2D eigenvalue weighted by molar-refractivity contribution is 0.111. The van der Waals surface area contributed by atoms with Gasteiger partial charge in [0.2, 0.25) is 0 Å². The van der Waals surface area contributed by atoms with Gasteiger partial charge in [-0.1, -0.05) is 6.08 Å². The molecule has 0 aromatic heterocycles. The van der Waals surface area contributed by atoms with E-state index < -0.39 is 0 Å². The molecule has 15 heavy (non-hydrogen) atoms. The number of aldehydes is 1. The molecule has 0 aliphatic heterocycles. The van der Waals surface area contributed by atoms with Crippen LogP contribution >= 0.6 is 0 Å². The van der Waals surface area contributed by atoms with E-state index in [1.54, 1.807) is 25.3 Å². The van der Waals surface area contributed by atoms with Crippen LogP contribution in [0.2, 0.25) is 0 Å². The summed E-state index contributed by atoms with van der Waals surface area (Å²) < 4.78 is 10.3. The molecule has 0 amide bonds. The van der Waals surface area contributed by atoms with E-state index in [0.29, 0.717) is 23.5 Å². The second kappa shape index (κ2) is 5.20. The van der Waals surface area contributed by atoms with Crippen molar-refractivity contribution >= 4 is 6.29 Å². The maximum Gasteiger partial charge on any atom is 0.154 e. The molecule has 0 heterocycles. The number of carbonyl (C=O) groups excluding carboxylic acids is 1. The highest BCUT2D eigenvalue weighted by Gasteiger charge is 2.12. The lowest BCUT2D eigenvalue weighted by atomic mass is 10.0. The van der Waals surface area contributed by atoms with Crippen LogP contribution in [0.4, 0.5) is 0 Å². The van der Waals surface area contributed by atoms with Crippen molar-refractivity contribution in [3.63, 3.8) is 0 Å². The fourth-order valence-corrected chi connectivity index (χ4v) is 1.48. The highest BCUT2D eigenvalue weighted by Crippen LogP contribution is 2.29. The number of carbonyl (C=O) groups is 1. The van der Waals surface area contributed by atoms with Crippen molar-refractivity contribution in [1.82, 2.24) is 0 Å². The second-order valence-electron chi connectivity index (χ2n) is 2.97. The Bertz CT molecular complexity index is 369. The summed E-state index contributed by atoms with van der Waals surface area (Å²) in [7, 11) is 3.11. The zero-order valence-corrected chi connectivity index (χ0v) is 8.95. The lowest BCUT2D eigenvalue weighted by Crippen LogP contribution is -2.00. The number of ether oxygens (including phenoxy) is 2. The van der Waals surface area contributed by atoms with E-state index in [9.17, 15) is 4.79 Å². The Morgan fingerprint density at radius 2 is 1.87 bits per heavy atom. The van der Waals surface area contributed by atoms with E-state index in [2.05, 4.69) is 6.58 Å². The van der Waals surface area contributed by atoms with Crippen LogP contribution in [0.15, 0.2) is 24.8 Å². The molecule has 1 aromatic rings. The number of rotatable bonds is 5. The molecule has 3 nitrogen and oxygen atoms in total. The van der Waals surface area contributed by atoms with Gasteiger partial charge in [-0.15, -0.1) is 6.58 Å². The second-order valence-corrected chi connectivity index (χ2v) is 2.97. The largest absolute Gasteiger partial charge is 0.496 e. The molecule has 0 aliphatic rings.